The molecule has 0 spiro atoms. The number of rotatable bonds is 1. The molecular weight excluding hydrogens is 486 g/mol. The van der Waals surface area contributed by atoms with E-state index in [4.69, 9.17) is 4.74 Å². The van der Waals surface area contributed by atoms with E-state index in [1.807, 2.05) is 0 Å². The molecule has 3 N–H and O–H groups in total. The van der Waals surface area contributed by atoms with Gasteiger partial charge in [0.05, 0.1) is 32.4 Å². The zero-order valence-corrected chi connectivity index (χ0v) is 26.0. The summed E-state index contributed by atoms with van der Waals surface area (Å²) in [5.74, 6) is 1.42. The van der Waals surface area contributed by atoms with Crippen molar-refractivity contribution in [3.05, 3.63) is 11.6 Å². The Labute approximate surface area is 237 Å². The number of morpholine rings is 1. The molecule has 1 aliphatic heterocycles. The number of allylic oxidation sites excluding steroid dienone is 2. The molecule has 0 aromatic rings. The number of aliphatic hydroxyl groups excluding tert-OH is 1. The van der Waals surface area contributed by atoms with Crippen LogP contribution >= 0.6 is 0 Å². The van der Waals surface area contributed by atoms with Crippen molar-refractivity contribution in [2.24, 2.45) is 56.7 Å². The molecule has 4 saturated carbocycles. The number of carboxylic acid groups (broad SMARTS) is 1. The normalized spacial score (nSPS) is 50.5. The van der Waals surface area contributed by atoms with Crippen molar-refractivity contribution in [3.8, 4) is 0 Å². The average molecular weight is 544 g/mol. The summed E-state index contributed by atoms with van der Waals surface area (Å²) >= 11 is 0. The van der Waals surface area contributed by atoms with Crippen LogP contribution in [0.4, 0.5) is 0 Å². The fourth-order valence-corrected chi connectivity index (χ4v) is 11.4. The van der Waals surface area contributed by atoms with Gasteiger partial charge in [-0.1, -0.05) is 60.1 Å². The molecule has 39 heavy (non-hydrogen) atoms. The van der Waals surface area contributed by atoms with Gasteiger partial charge in [0.2, 0.25) is 0 Å². The first-order valence-electron chi connectivity index (χ1n) is 16.3. The van der Waals surface area contributed by atoms with Gasteiger partial charge >= 0.3 is 0 Å². The molecular formula is C34H57NO4. The zero-order chi connectivity index (χ0) is 28.4. The summed E-state index contributed by atoms with van der Waals surface area (Å²) in [5.41, 5.74) is 1.24. The minimum Gasteiger partial charge on any atom is -0.550 e. The van der Waals surface area contributed by atoms with Crippen LogP contribution in [0.1, 0.15) is 106 Å². The number of hydrogen-bond donors (Lipinski definition) is 2. The average Bonchev–Trinajstić information content (AvgIpc) is 2.90. The Hall–Kier alpha value is -0.910. The Morgan fingerprint density at radius 3 is 2.23 bits per heavy atom. The number of nitrogens with two attached hydrogens (primary N) is 1. The third-order valence-electron chi connectivity index (χ3n) is 14.3. The van der Waals surface area contributed by atoms with Gasteiger partial charge in [0.25, 0.3) is 0 Å². The van der Waals surface area contributed by atoms with Crippen molar-refractivity contribution >= 4 is 5.97 Å². The molecule has 5 fully saturated rings. The van der Waals surface area contributed by atoms with Crippen molar-refractivity contribution < 1.29 is 25.1 Å². The quantitative estimate of drug-likeness (QED) is 0.482. The van der Waals surface area contributed by atoms with Gasteiger partial charge < -0.3 is 25.1 Å². The summed E-state index contributed by atoms with van der Waals surface area (Å²) in [7, 11) is 0. The van der Waals surface area contributed by atoms with Gasteiger partial charge in [0, 0.05) is 11.4 Å². The highest BCUT2D eigenvalue weighted by atomic mass is 16.5. The lowest BCUT2D eigenvalue weighted by Gasteiger charge is -2.71. The molecule has 5 heteroatoms. The molecule has 5 nitrogen and oxygen atoms in total. The van der Waals surface area contributed by atoms with Crippen LogP contribution in [0.3, 0.4) is 0 Å². The number of quaternary nitrogens is 1. The Bertz CT molecular complexity index is 961. The lowest BCUT2D eigenvalue weighted by molar-refractivity contribution is -0.670. The molecule has 1 saturated heterocycles. The molecule has 0 aromatic carbocycles. The van der Waals surface area contributed by atoms with E-state index in [0.29, 0.717) is 23.7 Å². The smallest absolute Gasteiger partial charge is 0.0993 e. The van der Waals surface area contributed by atoms with E-state index in [9.17, 15) is 15.0 Å². The van der Waals surface area contributed by atoms with E-state index >= 15 is 0 Å². The van der Waals surface area contributed by atoms with E-state index in [1.54, 1.807) is 0 Å². The molecule has 6 aliphatic rings. The highest BCUT2D eigenvalue weighted by molar-refractivity contribution is 5.74. The summed E-state index contributed by atoms with van der Waals surface area (Å²) in [4.78, 5) is 12.7. The molecule has 222 valence electrons. The lowest BCUT2D eigenvalue weighted by Crippen LogP contribution is -2.87. The van der Waals surface area contributed by atoms with E-state index in [0.717, 1.165) is 71.2 Å². The van der Waals surface area contributed by atoms with Crippen molar-refractivity contribution in [2.75, 3.05) is 26.3 Å². The summed E-state index contributed by atoms with van der Waals surface area (Å²) in [6, 6.07) is 0. The highest BCUT2D eigenvalue weighted by Gasteiger charge is 2.68. The summed E-state index contributed by atoms with van der Waals surface area (Å²) in [6.45, 7) is 21.0. The van der Waals surface area contributed by atoms with E-state index in [-0.39, 0.29) is 33.7 Å². The zero-order valence-electron chi connectivity index (χ0n) is 26.0. The van der Waals surface area contributed by atoms with Crippen LogP contribution in [0.2, 0.25) is 0 Å². The molecule has 0 aromatic heterocycles. The summed E-state index contributed by atoms with van der Waals surface area (Å²) in [6.07, 6.45) is 11.3. The maximum Gasteiger partial charge on any atom is 0.0993 e. The second kappa shape index (κ2) is 10.1. The molecule has 5 aliphatic carbocycles. The molecule has 1 heterocycles. The summed E-state index contributed by atoms with van der Waals surface area (Å²) < 4.78 is 5.04. The predicted octanol–water partition coefficient (Wildman–Crippen LogP) is 4.33. The number of hydrogen-bond acceptors (Lipinski definition) is 4. The minimum atomic E-state index is -0.792. The molecule has 0 bridgehead atoms. The molecule has 0 amide bonds. The third kappa shape index (κ3) is 4.22. The van der Waals surface area contributed by atoms with E-state index in [2.05, 4.69) is 59.9 Å². The maximum atomic E-state index is 12.7. The Balaban J connectivity index is 0.000000455. The van der Waals surface area contributed by atoms with Gasteiger partial charge in [-0.25, -0.2) is 0 Å². The van der Waals surface area contributed by atoms with Crippen LogP contribution in [-0.2, 0) is 9.53 Å². The predicted molar refractivity (Wildman–Crippen MR) is 152 cm³/mol. The van der Waals surface area contributed by atoms with E-state index < -0.39 is 11.4 Å². The Morgan fingerprint density at radius 1 is 0.949 bits per heavy atom. The van der Waals surface area contributed by atoms with Crippen molar-refractivity contribution in [3.63, 3.8) is 0 Å². The summed E-state index contributed by atoms with van der Waals surface area (Å²) in [5, 5.41) is 25.8. The second-order valence-electron chi connectivity index (χ2n) is 15.9. The van der Waals surface area contributed by atoms with Crippen LogP contribution in [0, 0.1) is 56.7 Å². The van der Waals surface area contributed by atoms with Crippen LogP contribution in [0.5, 0.6) is 0 Å². The van der Waals surface area contributed by atoms with Gasteiger partial charge in [-0.2, -0.15) is 0 Å². The number of aliphatic hydroxyl groups is 1. The number of aliphatic carboxylic acids is 1. The van der Waals surface area contributed by atoms with Crippen molar-refractivity contribution in [1.29, 1.82) is 0 Å². The van der Waals surface area contributed by atoms with Gasteiger partial charge in [0.15, 0.2) is 0 Å². The highest BCUT2D eigenvalue weighted by Crippen LogP contribution is 2.75. The first-order valence-corrected chi connectivity index (χ1v) is 16.3. The van der Waals surface area contributed by atoms with Crippen LogP contribution in [0.15, 0.2) is 11.6 Å². The Kier molecular flexibility index (Phi) is 7.68. The molecule has 10 atom stereocenters. The maximum absolute atomic E-state index is 12.7. The number of carbonyl (C=O) groups is 1. The third-order valence-corrected chi connectivity index (χ3v) is 14.3. The number of fused-ring (bicyclic) bond motifs is 7. The minimum absolute atomic E-state index is 0.0385. The molecule has 1 unspecified atom stereocenters. The van der Waals surface area contributed by atoms with Gasteiger partial charge in [-0.05, 0) is 109 Å². The van der Waals surface area contributed by atoms with Gasteiger partial charge in [-0.15, -0.1) is 0 Å². The van der Waals surface area contributed by atoms with Gasteiger partial charge in [0.1, 0.15) is 0 Å². The monoisotopic (exact) mass is 543 g/mol. The van der Waals surface area contributed by atoms with Crippen molar-refractivity contribution in [1.82, 2.24) is 0 Å². The number of carbonyl (C=O) groups excluding carboxylic acids is 1. The Morgan fingerprint density at radius 2 is 1.64 bits per heavy atom. The largest absolute Gasteiger partial charge is 0.550 e. The van der Waals surface area contributed by atoms with Gasteiger partial charge in [-0.3, -0.25) is 0 Å². The fraction of sp³-hybridized carbons (Fsp3) is 0.912. The first kappa shape index (κ1) is 29.6. The standard InChI is InChI=1S/C30H48O3.C4H9NO/c1-18-10-15-30(25(32)33)17-16-28(6)20(24(30)19(18)2)8-9-22-27(5)13-12-23(31)26(3,4)21(27)11-14-29(22,28)7;1-3-6-4-2-5-1/h8,18-19,21-24,31H,9-17H2,1-7H3,(H,32,33);5H,1-4H2/t18-,19+,21?,22-,23+,24+,27+,28-,29-,30+;/m1./s1. The van der Waals surface area contributed by atoms with Crippen LogP contribution in [0.25, 0.3) is 0 Å². The number of carboxylic acids is 1. The number of ether oxygens (including phenoxy) is 1. The van der Waals surface area contributed by atoms with Crippen LogP contribution < -0.4 is 10.4 Å². The molecule has 0 radical (unpaired) electrons. The fourth-order valence-electron chi connectivity index (χ4n) is 11.4. The first-order chi connectivity index (χ1) is 18.3. The molecule has 6 rings (SSSR count). The van der Waals surface area contributed by atoms with Crippen molar-refractivity contribution in [2.45, 2.75) is 112 Å². The van der Waals surface area contributed by atoms with Crippen LogP contribution in [-0.4, -0.2) is 43.5 Å². The SMILES string of the molecule is C1COCC[NH2+]1.C[C@H]1[C@H](C)CC[C@]2(C(=O)[O-])CC[C@]3(C)C(=CC[C@@H]4[C@@]5(C)CC[C@H](O)C(C)(C)C5CC[C@]43C)[C@H]12. The lowest BCUT2D eigenvalue weighted by atomic mass is 9.33. The van der Waals surface area contributed by atoms with E-state index in [1.165, 1.54) is 18.4 Å². The topological polar surface area (TPSA) is 86.2 Å². The second-order valence-corrected chi connectivity index (χ2v) is 15.9.